The third kappa shape index (κ3) is 1.92. The molecule has 0 spiro atoms. The lowest BCUT2D eigenvalue weighted by atomic mass is 10.3. The standard InChI is InChI=1S/C11H11N5O/c12-7-1-2-9-10(3-7)17-11(16-9)14-5-8-4-13-6-15-8/h1-4,6H,5,12H2,(H,13,15)(H,14,16). The molecule has 17 heavy (non-hydrogen) atoms. The molecule has 6 heteroatoms. The number of nitrogens with one attached hydrogen (secondary N) is 2. The molecule has 3 aromatic rings. The minimum absolute atomic E-state index is 0.472. The normalized spacial score (nSPS) is 10.8. The van der Waals surface area contributed by atoms with Gasteiger partial charge in [-0.05, 0) is 12.1 Å². The van der Waals surface area contributed by atoms with Gasteiger partial charge in [-0.1, -0.05) is 0 Å². The zero-order valence-corrected chi connectivity index (χ0v) is 8.97. The first-order chi connectivity index (χ1) is 8.31. The van der Waals surface area contributed by atoms with Gasteiger partial charge < -0.3 is 20.5 Å². The summed E-state index contributed by atoms with van der Waals surface area (Å²) in [6, 6.07) is 5.85. The Morgan fingerprint density at radius 3 is 3.18 bits per heavy atom. The highest BCUT2D eigenvalue weighted by atomic mass is 16.4. The number of anilines is 2. The Bertz CT molecular complexity index is 628. The summed E-state index contributed by atoms with van der Waals surface area (Å²) < 4.78 is 5.51. The van der Waals surface area contributed by atoms with Crippen molar-refractivity contribution in [2.45, 2.75) is 6.54 Å². The number of H-pyrrole nitrogens is 1. The van der Waals surface area contributed by atoms with Gasteiger partial charge in [0, 0.05) is 18.0 Å². The van der Waals surface area contributed by atoms with Gasteiger partial charge in [-0.3, -0.25) is 0 Å². The Labute approximate surface area is 96.9 Å². The van der Waals surface area contributed by atoms with Crippen molar-refractivity contribution in [2.75, 3.05) is 11.1 Å². The summed E-state index contributed by atoms with van der Waals surface area (Å²) in [4.78, 5) is 11.2. The predicted molar refractivity (Wildman–Crippen MR) is 64.3 cm³/mol. The number of nitrogen functional groups attached to an aromatic ring is 1. The maximum Gasteiger partial charge on any atom is 0.296 e. The van der Waals surface area contributed by atoms with E-state index in [-0.39, 0.29) is 0 Å². The van der Waals surface area contributed by atoms with Crippen LogP contribution in [0, 0.1) is 0 Å². The van der Waals surface area contributed by atoms with Gasteiger partial charge in [-0.25, -0.2) is 4.98 Å². The molecule has 6 nitrogen and oxygen atoms in total. The number of nitrogens with zero attached hydrogens (tertiary/aromatic N) is 2. The molecule has 1 aromatic carbocycles. The summed E-state index contributed by atoms with van der Waals surface area (Å²) in [5.41, 5.74) is 8.75. The zero-order chi connectivity index (χ0) is 11.7. The van der Waals surface area contributed by atoms with Gasteiger partial charge in [0.05, 0.1) is 18.6 Å². The van der Waals surface area contributed by atoms with Crippen molar-refractivity contribution < 1.29 is 4.42 Å². The first-order valence-electron chi connectivity index (χ1n) is 5.18. The molecule has 86 valence electrons. The molecule has 0 aliphatic carbocycles. The van der Waals surface area contributed by atoms with E-state index in [9.17, 15) is 0 Å². The van der Waals surface area contributed by atoms with Crippen molar-refractivity contribution in [2.24, 2.45) is 0 Å². The van der Waals surface area contributed by atoms with Crippen molar-refractivity contribution >= 4 is 22.8 Å². The molecule has 0 fully saturated rings. The molecular weight excluding hydrogens is 218 g/mol. The largest absolute Gasteiger partial charge is 0.423 e. The smallest absolute Gasteiger partial charge is 0.296 e. The molecule has 2 aromatic heterocycles. The predicted octanol–water partition coefficient (Wildman–Crippen LogP) is 1.75. The van der Waals surface area contributed by atoms with E-state index in [2.05, 4.69) is 20.3 Å². The molecule has 4 N–H and O–H groups in total. The molecule has 0 amide bonds. The number of oxazole rings is 1. The van der Waals surface area contributed by atoms with Crippen LogP contribution in [0.25, 0.3) is 11.1 Å². The van der Waals surface area contributed by atoms with Crippen LogP contribution in [0.2, 0.25) is 0 Å². The highest BCUT2D eigenvalue weighted by Crippen LogP contribution is 2.21. The number of aromatic amines is 1. The lowest BCUT2D eigenvalue weighted by Gasteiger charge is -1.97. The first-order valence-corrected chi connectivity index (χ1v) is 5.18. The fourth-order valence-electron chi connectivity index (χ4n) is 1.57. The Morgan fingerprint density at radius 1 is 1.41 bits per heavy atom. The van der Waals surface area contributed by atoms with Crippen LogP contribution >= 0.6 is 0 Å². The second-order valence-electron chi connectivity index (χ2n) is 3.68. The fourth-order valence-corrected chi connectivity index (χ4v) is 1.57. The van der Waals surface area contributed by atoms with Crippen molar-refractivity contribution in [1.29, 1.82) is 0 Å². The van der Waals surface area contributed by atoms with E-state index in [4.69, 9.17) is 10.2 Å². The number of fused-ring (bicyclic) bond motifs is 1. The molecule has 2 heterocycles. The molecule has 0 atom stereocenters. The van der Waals surface area contributed by atoms with Crippen molar-refractivity contribution in [3.63, 3.8) is 0 Å². The molecule has 0 saturated carbocycles. The van der Waals surface area contributed by atoms with E-state index < -0.39 is 0 Å². The summed E-state index contributed by atoms with van der Waals surface area (Å²) in [6.45, 7) is 0.586. The number of benzene rings is 1. The van der Waals surface area contributed by atoms with Crippen LogP contribution < -0.4 is 11.1 Å². The SMILES string of the molecule is Nc1ccc2nc(NCc3cnc[nH]3)oc2c1. The highest BCUT2D eigenvalue weighted by molar-refractivity contribution is 5.78. The summed E-state index contributed by atoms with van der Waals surface area (Å²) >= 11 is 0. The molecule has 0 radical (unpaired) electrons. The van der Waals surface area contributed by atoms with Gasteiger partial charge in [-0.2, -0.15) is 4.98 Å². The number of hydrogen-bond acceptors (Lipinski definition) is 5. The van der Waals surface area contributed by atoms with Crippen molar-refractivity contribution in [3.05, 3.63) is 36.4 Å². The molecule has 0 bridgehead atoms. The molecule has 0 aliphatic rings. The van der Waals surface area contributed by atoms with E-state index in [1.165, 1.54) is 0 Å². The Kier molecular flexibility index (Phi) is 2.18. The summed E-state index contributed by atoms with van der Waals surface area (Å²) in [6.07, 6.45) is 3.37. The second-order valence-corrected chi connectivity index (χ2v) is 3.68. The van der Waals surface area contributed by atoms with Gasteiger partial charge >= 0.3 is 0 Å². The number of nitrogens with two attached hydrogens (primary N) is 1. The van der Waals surface area contributed by atoms with E-state index in [0.717, 1.165) is 11.2 Å². The van der Waals surface area contributed by atoms with E-state index in [0.29, 0.717) is 23.8 Å². The summed E-state index contributed by atoms with van der Waals surface area (Å²) in [5, 5.41) is 3.07. The van der Waals surface area contributed by atoms with Gasteiger partial charge in [0.25, 0.3) is 6.01 Å². The lowest BCUT2D eigenvalue weighted by molar-refractivity contribution is 0.614. The second kappa shape index (κ2) is 3.82. The maximum atomic E-state index is 5.66. The molecule has 0 aliphatic heterocycles. The van der Waals surface area contributed by atoms with E-state index in [1.54, 1.807) is 24.7 Å². The Hall–Kier alpha value is -2.50. The van der Waals surface area contributed by atoms with Gasteiger partial charge in [0.1, 0.15) is 5.52 Å². The third-order valence-corrected chi connectivity index (χ3v) is 2.40. The van der Waals surface area contributed by atoms with Crippen LogP contribution in [0.3, 0.4) is 0 Å². The van der Waals surface area contributed by atoms with Crippen LogP contribution in [0.1, 0.15) is 5.69 Å². The van der Waals surface area contributed by atoms with Crippen LogP contribution in [0.15, 0.2) is 35.1 Å². The van der Waals surface area contributed by atoms with Gasteiger partial charge in [0.2, 0.25) is 0 Å². The molecule has 0 unspecified atom stereocenters. The zero-order valence-electron chi connectivity index (χ0n) is 8.97. The Balaban J connectivity index is 1.81. The number of imidazole rings is 1. The van der Waals surface area contributed by atoms with E-state index in [1.807, 2.05) is 6.07 Å². The average Bonchev–Trinajstić information content (AvgIpc) is 2.94. The number of hydrogen-bond donors (Lipinski definition) is 3. The quantitative estimate of drug-likeness (QED) is 0.595. The van der Waals surface area contributed by atoms with Crippen LogP contribution in [0.5, 0.6) is 0 Å². The molecular formula is C11H11N5O. The monoisotopic (exact) mass is 229 g/mol. The lowest BCUT2D eigenvalue weighted by Crippen LogP contribution is -1.99. The Morgan fingerprint density at radius 2 is 2.35 bits per heavy atom. The van der Waals surface area contributed by atoms with Crippen molar-refractivity contribution in [3.8, 4) is 0 Å². The third-order valence-electron chi connectivity index (χ3n) is 2.40. The van der Waals surface area contributed by atoms with E-state index >= 15 is 0 Å². The summed E-state index contributed by atoms with van der Waals surface area (Å²) in [5.74, 6) is 0. The summed E-state index contributed by atoms with van der Waals surface area (Å²) in [7, 11) is 0. The van der Waals surface area contributed by atoms with Crippen molar-refractivity contribution in [1.82, 2.24) is 15.0 Å². The molecule has 0 saturated heterocycles. The minimum atomic E-state index is 0.472. The molecule has 3 rings (SSSR count). The van der Waals surface area contributed by atoms with Crippen LogP contribution in [-0.2, 0) is 6.54 Å². The van der Waals surface area contributed by atoms with Crippen LogP contribution in [-0.4, -0.2) is 15.0 Å². The number of aromatic nitrogens is 3. The highest BCUT2D eigenvalue weighted by Gasteiger charge is 2.05. The van der Waals surface area contributed by atoms with Gasteiger partial charge in [0.15, 0.2) is 5.58 Å². The van der Waals surface area contributed by atoms with Crippen LogP contribution in [0.4, 0.5) is 11.7 Å². The fraction of sp³-hybridized carbons (Fsp3) is 0.0909. The minimum Gasteiger partial charge on any atom is -0.423 e. The topological polar surface area (TPSA) is 92.8 Å². The van der Waals surface area contributed by atoms with Gasteiger partial charge in [-0.15, -0.1) is 0 Å². The first kappa shape index (κ1) is 9.71. The number of rotatable bonds is 3. The average molecular weight is 229 g/mol. The maximum absolute atomic E-state index is 5.66.